The summed E-state index contributed by atoms with van der Waals surface area (Å²) < 4.78 is -1.29. The van der Waals surface area contributed by atoms with Crippen LogP contribution in [0.15, 0.2) is 30.3 Å². The first-order valence-corrected chi connectivity index (χ1v) is 4.71. The quantitative estimate of drug-likeness (QED) is 0.711. The molecule has 0 N–H and O–H groups in total. The number of alkyl halides is 2. The van der Waals surface area contributed by atoms with Crippen LogP contribution in [0.3, 0.4) is 0 Å². The number of hydrogen-bond acceptors (Lipinski definition) is 1. The lowest BCUT2D eigenvalue weighted by Gasteiger charge is -2.15. The van der Waals surface area contributed by atoms with E-state index in [1.54, 1.807) is 0 Å². The smallest absolute Gasteiger partial charge is 0.179 e. The van der Waals surface area contributed by atoms with Crippen LogP contribution in [0.2, 0.25) is 0 Å². The minimum Gasteiger partial charge on any atom is -0.297 e. The van der Waals surface area contributed by atoms with E-state index in [0.29, 0.717) is 6.42 Å². The van der Waals surface area contributed by atoms with Crippen LogP contribution in [0, 0.1) is 0 Å². The fourth-order valence-electron chi connectivity index (χ4n) is 0.977. The van der Waals surface area contributed by atoms with E-state index in [1.807, 2.05) is 30.3 Å². The molecule has 0 saturated carbocycles. The first kappa shape index (κ1) is 10.6. The molecule has 0 heterocycles. The van der Waals surface area contributed by atoms with E-state index in [2.05, 4.69) is 0 Å². The molecule has 0 aromatic heterocycles. The fraction of sp³-hybridized carbons (Fsp3) is 0.300. The molecule has 0 spiro atoms. The number of carbonyl (C=O) groups excluding carboxylic acids is 1. The van der Waals surface area contributed by atoms with Gasteiger partial charge in [-0.15, -0.1) is 0 Å². The molecule has 0 aliphatic carbocycles. The highest BCUT2D eigenvalue weighted by atomic mass is 35.5. The fourth-order valence-corrected chi connectivity index (χ4v) is 1.29. The van der Waals surface area contributed by atoms with Crippen LogP contribution < -0.4 is 0 Å². The maximum Gasteiger partial charge on any atom is 0.179 e. The molecule has 3 heteroatoms. The summed E-state index contributed by atoms with van der Waals surface area (Å²) >= 11 is 11.6. The summed E-state index contributed by atoms with van der Waals surface area (Å²) in [5, 5.41) is 0. The predicted octanol–water partition coefficient (Wildman–Crippen LogP) is 2.99. The number of halogens is 2. The van der Waals surface area contributed by atoms with E-state index in [9.17, 15) is 4.79 Å². The zero-order chi connectivity index (χ0) is 9.90. The number of ketones is 1. The normalized spacial score (nSPS) is 11.3. The minimum atomic E-state index is -1.29. The standard InChI is InChI=1S/C10H10Cl2O/c1-8(13)10(11,12)7-9-5-3-2-4-6-9/h2-6H,7H2,1H3. The monoisotopic (exact) mass is 216 g/mol. The molecule has 0 aliphatic rings. The number of benzene rings is 1. The lowest BCUT2D eigenvalue weighted by molar-refractivity contribution is -0.117. The Kier molecular flexibility index (Phi) is 3.34. The van der Waals surface area contributed by atoms with Crippen molar-refractivity contribution in [2.75, 3.05) is 0 Å². The molecule has 0 unspecified atom stereocenters. The van der Waals surface area contributed by atoms with Crippen molar-refractivity contribution in [3.05, 3.63) is 35.9 Å². The molecule has 0 bridgehead atoms. The van der Waals surface area contributed by atoms with Crippen LogP contribution in [0.5, 0.6) is 0 Å². The first-order valence-electron chi connectivity index (χ1n) is 3.95. The number of hydrogen-bond donors (Lipinski definition) is 0. The van der Waals surface area contributed by atoms with Crippen molar-refractivity contribution in [2.45, 2.75) is 17.7 Å². The van der Waals surface area contributed by atoms with Gasteiger partial charge in [0.2, 0.25) is 0 Å². The van der Waals surface area contributed by atoms with Gasteiger partial charge in [-0.05, 0) is 12.5 Å². The Labute approximate surface area is 87.7 Å². The van der Waals surface area contributed by atoms with Gasteiger partial charge in [0.1, 0.15) is 0 Å². The maximum absolute atomic E-state index is 11.0. The lowest BCUT2D eigenvalue weighted by Crippen LogP contribution is -2.25. The summed E-state index contributed by atoms with van der Waals surface area (Å²) in [4.78, 5) is 11.0. The SMILES string of the molecule is CC(=O)C(Cl)(Cl)Cc1ccccc1. The molecule has 1 nitrogen and oxygen atoms in total. The zero-order valence-corrected chi connectivity index (χ0v) is 8.77. The van der Waals surface area contributed by atoms with Crippen molar-refractivity contribution in [2.24, 2.45) is 0 Å². The van der Waals surface area contributed by atoms with Gasteiger partial charge in [-0.3, -0.25) is 4.79 Å². The van der Waals surface area contributed by atoms with E-state index in [4.69, 9.17) is 23.2 Å². The highest BCUT2D eigenvalue weighted by Crippen LogP contribution is 2.26. The topological polar surface area (TPSA) is 17.1 Å². The molecule has 13 heavy (non-hydrogen) atoms. The molecule has 0 aliphatic heterocycles. The van der Waals surface area contributed by atoms with Gasteiger partial charge in [-0.25, -0.2) is 0 Å². The van der Waals surface area contributed by atoms with Crippen LogP contribution in [0.4, 0.5) is 0 Å². The Balaban J connectivity index is 2.75. The average Bonchev–Trinajstić information content (AvgIpc) is 2.05. The number of carbonyl (C=O) groups is 1. The van der Waals surface area contributed by atoms with Crippen molar-refractivity contribution in [1.82, 2.24) is 0 Å². The molecule has 1 aromatic carbocycles. The molecule has 0 fully saturated rings. The Hall–Kier alpha value is -0.530. The summed E-state index contributed by atoms with van der Waals surface area (Å²) in [6.07, 6.45) is 0.353. The van der Waals surface area contributed by atoms with Gasteiger partial charge in [-0.2, -0.15) is 0 Å². The van der Waals surface area contributed by atoms with Crippen molar-refractivity contribution in [3.63, 3.8) is 0 Å². The molecule has 1 rings (SSSR count). The Morgan fingerprint density at radius 3 is 2.31 bits per heavy atom. The van der Waals surface area contributed by atoms with Gasteiger partial charge in [0, 0.05) is 6.42 Å². The molecular formula is C10H10Cl2O. The highest BCUT2D eigenvalue weighted by Gasteiger charge is 2.29. The van der Waals surface area contributed by atoms with Crippen molar-refractivity contribution >= 4 is 29.0 Å². The molecule has 1 aromatic rings. The summed E-state index contributed by atoms with van der Waals surface area (Å²) in [6.45, 7) is 1.39. The minimum absolute atomic E-state index is 0.223. The zero-order valence-electron chi connectivity index (χ0n) is 7.26. The largest absolute Gasteiger partial charge is 0.297 e. The third kappa shape index (κ3) is 3.02. The van der Waals surface area contributed by atoms with Crippen LogP contribution in [0.25, 0.3) is 0 Å². The Morgan fingerprint density at radius 2 is 1.85 bits per heavy atom. The number of Topliss-reactive ketones (excluding diaryl/α,β-unsaturated/α-hetero) is 1. The molecule has 0 amide bonds. The van der Waals surface area contributed by atoms with Crippen molar-refractivity contribution in [3.8, 4) is 0 Å². The van der Waals surface area contributed by atoms with E-state index in [-0.39, 0.29) is 5.78 Å². The number of rotatable bonds is 3. The lowest BCUT2D eigenvalue weighted by atomic mass is 10.1. The summed E-state index contributed by atoms with van der Waals surface area (Å²) in [5.74, 6) is -0.223. The third-order valence-corrected chi connectivity index (χ3v) is 2.58. The predicted molar refractivity (Wildman–Crippen MR) is 55.3 cm³/mol. The van der Waals surface area contributed by atoms with Gasteiger partial charge >= 0.3 is 0 Å². The van der Waals surface area contributed by atoms with Gasteiger partial charge in [0.25, 0.3) is 0 Å². The summed E-state index contributed by atoms with van der Waals surface area (Å²) in [7, 11) is 0. The van der Waals surface area contributed by atoms with Crippen LogP contribution >= 0.6 is 23.2 Å². The highest BCUT2D eigenvalue weighted by molar-refractivity contribution is 6.58. The molecule has 0 radical (unpaired) electrons. The van der Waals surface area contributed by atoms with Crippen LogP contribution in [-0.2, 0) is 11.2 Å². The van der Waals surface area contributed by atoms with Crippen LogP contribution in [0.1, 0.15) is 12.5 Å². The van der Waals surface area contributed by atoms with Crippen molar-refractivity contribution < 1.29 is 4.79 Å². The van der Waals surface area contributed by atoms with Gasteiger partial charge < -0.3 is 0 Å². The molecule has 70 valence electrons. The van der Waals surface area contributed by atoms with E-state index in [0.717, 1.165) is 5.56 Å². The second-order valence-electron chi connectivity index (χ2n) is 2.92. The second kappa shape index (κ2) is 4.12. The van der Waals surface area contributed by atoms with Crippen molar-refractivity contribution in [1.29, 1.82) is 0 Å². The Bertz CT molecular complexity index is 293. The van der Waals surface area contributed by atoms with Gasteiger partial charge in [0.05, 0.1) is 0 Å². The maximum atomic E-state index is 11.0. The average molecular weight is 217 g/mol. The van der Waals surface area contributed by atoms with Gasteiger partial charge in [0.15, 0.2) is 10.1 Å². The van der Waals surface area contributed by atoms with E-state index in [1.165, 1.54) is 6.92 Å². The Morgan fingerprint density at radius 1 is 1.31 bits per heavy atom. The molecule has 0 saturated heterocycles. The summed E-state index contributed by atoms with van der Waals surface area (Å²) in [6, 6.07) is 9.46. The van der Waals surface area contributed by atoms with E-state index >= 15 is 0 Å². The molecular weight excluding hydrogens is 207 g/mol. The molecule has 0 atom stereocenters. The van der Waals surface area contributed by atoms with E-state index < -0.39 is 4.33 Å². The first-order chi connectivity index (χ1) is 6.02. The van der Waals surface area contributed by atoms with Crippen LogP contribution in [-0.4, -0.2) is 10.1 Å². The summed E-state index contributed by atoms with van der Waals surface area (Å²) in [5.41, 5.74) is 0.961. The third-order valence-electron chi connectivity index (χ3n) is 1.78. The second-order valence-corrected chi connectivity index (χ2v) is 4.41. The van der Waals surface area contributed by atoms with Gasteiger partial charge in [-0.1, -0.05) is 53.5 Å².